The zero-order chi connectivity index (χ0) is 16.3. The lowest BCUT2D eigenvalue weighted by atomic mass is 10.1. The van der Waals surface area contributed by atoms with Crippen LogP contribution in [0.2, 0.25) is 0 Å². The van der Waals surface area contributed by atoms with Gasteiger partial charge >= 0.3 is 0 Å². The number of H-pyrrole nitrogens is 1. The van der Waals surface area contributed by atoms with Crippen LogP contribution in [-0.4, -0.2) is 24.6 Å². The van der Waals surface area contributed by atoms with Gasteiger partial charge < -0.3 is 9.72 Å². The van der Waals surface area contributed by atoms with Crippen molar-refractivity contribution in [2.75, 3.05) is 6.26 Å². The molecular weight excluding hydrogens is 312 g/mol. The second-order valence-corrected chi connectivity index (χ2v) is 7.20. The van der Waals surface area contributed by atoms with Crippen LogP contribution in [0.15, 0.2) is 66.0 Å². The summed E-state index contributed by atoms with van der Waals surface area (Å²) in [7, 11) is -3.16. The van der Waals surface area contributed by atoms with Gasteiger partial charge in [0.25, 0.3) is 0 Å². The normalized spacial score (nSPS) is 11.3. The van der Waals surface area contributed by atoms with Crippen molar-refractivity contribution in [1.29, 1.82) is 0 Å². The number of rotatable bonds is 5. The minimum atomic E-state index is -3.16. The van der Waals surface area contributed by atoms with Crippen LogP contribution in [0.4, 0.5) is 0 Å². The molecule has 1 N–H and O–H groups in total. The van der Waals surface area contributed by atoms with Crippen LogP contribution in [0, 0.1) is 0 Å². The Bertz CT molecular complexity index is 869. The van der Waals surface area contributed by atoms with Gasteiger partial charge in [-0.25, -0.2) is 13.4 Å². The molecule has 0 fully saturated rings. The van der Waals surface area contributed by atoms with E-state index in [2.05, 4.69) is 9.97 Å². The van der Waals surface area contributed by atoms with Crippen molar-refractivity contribution in [3.8, 4) is 17.0 Å². The first kappa shape index (κ1) is 15.3. The highest BCUT2D eigenvalue weighted by molar-refractivity contribution is 7.90. The molecule has 6 heteroatoms. The SMILES string of the molecule is CS(=O)(=O)c1ccc(COc2ccc(-c3c[nH]cn3)cc2)cc1. The number of hydrogen-bond acceptors (Lipinski definition) is 4. The fourth-order valence-corrected chi connectivity index (χ4v) is 2.77. The molecule has 0 aliphatic carbocycles. The quantitative estimate of drug-likeness (QED) is 0.781. The van der Waals surface area contributed by atoms with Crippen LogP contribution in [-0.2, 0) is 16.4 Å². The lowest BCUT2D eigenvalue weighted by molar-refractivity contribution is 0.306. The van der Waals surface area contributed by atoms with Gasteiger partial charge in [0.1, 0.15) is 12.4 Å². The predicted octanol–water partition coefficient (Wildman–Crippen LogP) is 3.06. The van der Waals surface area contributed by atoms with Crippen molar-refractivity contribution >= 4 is 9.84 Å². The van der Waals surface area contributed by atoms with Crippen LogP contribution in [0.1, 0.15) is 5.56 Å². The Morgan fingerprint density at radius 2 is 1.74 bits per heavy atom. The average Bonchev–Trinajstić information content (AvgIpc) is 3.07. The molecule has 0 aliphatic heterocycles. The van der Waals surface area contributed by atoms with E-state index >= 15 is 0 Å². The molecule has 0 saturated carbocycles. The van der Waals surface area contributed by atoms with Gasteiger partial charge in [0.2, 0.25) is 0 Å². The van der Waals surface area contributed by atoms with Crippen molar-refractivity contribution in [3.63, 3.8) is 0 Å². The second-order valence-electron chi connectivity index (χ2n) is 5.18. The maximum absolute atomic E-state index is 11.4. The van der Waals surface area contributed by atoms with E-state index in [-0.39, 0.29) is 0 Å². The van der Waals surface area contributed by atoms with Crippen molar-refractivity contribution in [3.05, 3.63) is 66.6 Å². The van der Waals surface area contributed by atoms with E-state index in [9.17, 15) is 8.42 Å². The van der Waals surface area contributed by atoms with Crippen molar-refractivity contribution < 1.29 is 13.2 Å². The summed E-state index contributed by atoms with van der Waals surface area (Å²) >= 11 is 0. The number of nitrogens with one attached hydrogen (secondary N) is 1. The van der Waals surface area contributed by atoms with Gasteiger partial charge in [-0.2, -0.15) is 0 Å². The fourth-order valence-electron chi connectivity index (χ4n) is 2.14. The van der Waals surface area contributed by atoms with Gasteiger partial charge in [-0.1, -0.05) is 12.1 Å². The molecule has 3 aromatic rings. The molecule has 118 valence electrons. The first-order valence-corrected chi connectivity index (χ1v) is 8.92. The number of imidazole rings is 1. The monoisotopic (exact) mass is 328 g/mol. The molecule has 0 unspecified atom stereocenters. The molecule has 0 atom stereocenters. The van der Waals surface area contributed by atoms with E-state index < -0.39 is 9.84 Å². The smallest absolute Gasteiger partial charge is 0.175 e. The highest BCUT2D eigenvalue weighted by Crippen LogP contribution is 2.21. The third kappa shape index (κ3) is 3.78. The van der Waals surface area contributed by atoms with E-state index in [4.69, 9.17) is 4.74 Å². The van der Waals surface area contributed by atoms with Crippen LogP contribution in [0.5, 0.6) is 5.75 Å². The summed E-state index contributed by atoms with van der Waals surface area (Å²) in [6, 6.07) is 14.4. The molecule has 0 spiro atoms. The first-order valence-electron chi connectivity index (χ1n) is 7.03. The summed E-state index contributed by atoms with van der Waals surface area (Å²) < 4.78 is 28.5. The fraction of sp³-hybridized carbons (Fsp3) is 0.118. The lowest BCUT2D eigenvalue weighted by Gasteiger charge is -2.07. The molecule has 0 radical (unpaired) electrons. The molecule has 23 heavy (non-hydrogen) atoms. The van der Waals surface area contributed by atoms with Crippen molar-refractivity contribution in [1.82, 2.24) is 9.97 Å². The largest absolute Gasteiger partial charge is 0.489 e. The minimum Gasteiger partial charge on any atom is -0.489 e. The highest BCUT2D eigenvalue weighted by atomic mass is 32.2. The molecule has 0 amide bonds. The Morgan fingerprint density at radius 3 is 2.30 bits per heavy atom. The third-order valence-corrected chi connectivity index (χ3v) is 4.53. The number of benzene rings is 2. The molecule has 1 aromatic heterocycles. The molecule has 1 heterocycles. The highest BCUT2D eigenvalue weighted by Gasteiger charge is 2.06. The van der Waals surface area contributed by atoms with Crippen molar-refractivity contribution in [2.45, 2.75) is 11.5 Å². The topological polar surface area (TPSA) is 72.1 Å². The molecule has 5 nitrogen and oxygen atoms in total. The average molecular weight is 328 g/mol. The van der Waals surface area contributed by atoms with E-state index in [1.54, 1.807) is 30.6 Å². The van der Waals surface area contributed by atoms with Gasteiger partial charge in [-0.05, 0) is 42.0 Å². The molecule has 3 rings (SSSR count). The summed E-state index contributed by atoms with van der Waals surface area (Å²) in [6.45, 7) is 0.381. The minimum absolute atomic E-state index is 0.310. The maximum Gasteiger partial charge on any atom is 0.175 e. The molecule has 0 aliphatic rings. The predicted molar refractivity (Wildman–Crippen MR) is 87.9 cm³/mol. The van der Waals surface area contributed by atoms with E-state index in [1.807, 2.05) is 30.5 Å². The Balaban J connectivity index is 1.64. The molecule has 0 bridgehead atoms. The molecular formula is C17H16N2O3S. The van der Waals surface area contributed by atoms with Gasteiger partial charge in [0, 0.05) is 18.0 Å². The summed E-state index contributed by atoms with van der Waals surface area (Å²) in [5.41, 5.74) is 2.80. The van der Waals surface area contributed by atoms with Gasteiger partial charge in [0.15, 0.2) is 9.84 Å². The number of hydrogen-bond donors (Lipinski definition) is 1. The number of nitrogens with zero attached hydrogens (tertiary/aromatic N) is 1. The number of ether oxygens (including phenoxy) is 1. The van der Waals surface area contributed by atoms with E-state index in [0.717, 1.165) is 22.6 Å². The lowest BCUT2D eigenvalue weighted by Crippen LogP contribution is -1.99. The Hall–Kier alpha value is -2.60. The zero-order valence-corrected chi connectivity index (χ0v) is 13.4. The standard InChI is InChI=1S/C17H16N2O3S/c1-23(20,21)16-8-2-13(3-9-16)11-22-15-6-4-14(5-7-15)17-10-18-12-19-17/h2-10,12H,11H2,1H3,(H,18,19). The number of aromatic amines is 1. The second kappa shape index (κ2) is 6.26. The Morgan fingerprint density at radius 1 is 1.04 bits per heavy atom. The Kier molecular flexibility index (Phi) is 4.16. The maximum atomic E-state index is 11.4. The summed E-state index contributed by atoms with van der Waals surface area (Å²) in [4.78, 5) is 7.42. The zero-order valence-electron chi connectivity index (χ0n) is 12.6. The first-order chi connectivity index (χ1) is 11.0. The van der Waals surface area contributed by atoms with Crippen LogP contribution in [0.25, 0.3) is 11.3 Å². The summed E-state index contributed by atoms with van der Waals surface area (Å²) in [5.74, 6) is 0.747. The molecule has 2 aromatic carbocycles. The van der Waals surface area contributed by atoms with E-state index in [1.165, 1.54) is 6.26 Å². The molecule has 0 saturated heterocycles. The van der Waals surface area contributed by atoms with Gasteiger partial charge in [-0.15, -0.1) is 0 Å². The van der Waals surface area contributed by atoms with Gasteiger partial charge in [-0.3, -0.25) is 0 Å². The van der Waals surface area contributed by atoms with Crippen LogP contribution in [0.3, 0.4) is 0 Å². The van der Waals surface area contributed by atoms with E-state index in [0.29, 0.717) is 11.5 Å². The number of aromatic nitrogens is 2. The van der Waals surface area contributed by atoms with Gasteiger partial charge in [0.05, 0.1) is 16.9 Å². The number of sulfone groups is 1. The van der Waals surface area contributed by atoms with Crippen molar-refractivity contribution in [2.24, 2.45) is 0 Å². The van der Waals surface area contributed by atoms with Crippen LogP contribution >= 0.6 is 0 Å². The van der Waals surface area contributed by atoms with Crippen LogP contribution < -0.4 is 4.74 Å². The third-order valence-electron chi connectivity index (χ3n) is 3.41. The Labute approximate surface area is 134 Å². The summed E-state index contributed by atoms with van der Waals surface area (Å²) in [6.07, 6.45) is 4.67. The summed E-state index contributed by atoms with van der Waals surface area (Å²) in [5, 5.41) is 0.